The molecular formula is C42H54N8O5. The molecule has 3 atom stereocenters. The normalized spacial score (nSPS) is 12.8. The molecule has 4 rings (SSSR count). The van der Waals surface area contributed by atoms with Gasteiger partial charge in [0.05, 0.1) is 20.3 Å². The van der Waals surface area contributed by atoms with Crippen LogP contribution in [-0.4, -0.2) is 74.0 Å². The van der Waals surface area contributed by atoms with Crippen LogP contribution in [0.2, 0.25) is 0 Å². The number of nitrogens with one attached hydrogen (secondary N) is 1. The van der Waals surface area contributed by atoms with Crippen LogP contribution in [0, 0.1) is 0 Å². The second-order valence-electron chi connectivity index (χ2n) is 13.3. The summed E-state index contributed by atoms with van der Waals surface area (Å²) in [7, 11) is 3.14. The molecule has 0 aromatic heterocycles. The Hall–Kier alpha value is -5.92. The van der Waals surface area contributed by atoms with Gasteiger partial charge in [-0.2, -0.15) is 0 Å². The lowest BCUT2D eigenvalue weighted by molar-refractivity contribution is -0.147. The van der Waals surface area contributed by atoms with Gasteiger partial charge in [-0.3, -0.25) is 19.4 Å². The third-order valence-electron chi connectivity index (χ3n) is 9.58. The predicted octanol–water partition coefficient (Wildman–Crippen LogP) is 2.92. The number of nitrogens with zero attached hydrogens (tertiary/aromatic N) is 2. The Bertz CT molecular complexity index is 1790. The summed E-state index contributed by atoms with van der Waals surface area (Å²) >= 11 is 0. The fraction of sp³-hybridized carbons (Fsp3) is 0.333. The van der Waals surface area contributed by atoms with Gasteiger partial charge in [0.1, 0.15) is 29.1 Å². The number of carbonyl (C=O) groups excluding carboxylic acids is 3. The Morgan fingerprint density at radius 3 is 1.75 bits per heavy atom. The zero-order valence-electron chi connectivity index (χ0n) is 31.6. The number of amides is 3. The topological polar surface area (TPSA) is 227 Å². The van der Waals surface area contributed by atoms with Crippen molar-refractivity contribution in [2.45, 2.75) is 62.2 Å². The van der Waals surface area contributed by atoms with Crippen molar-refractivity contribution in [3.63, 3.8) is 0 Å². The maximum atomic E-state index is 15.4. The van der Waals surface area contributed by atoms with Crippen molar-refractivity contribution in [1.29, 1.82) is 0 Å². The molecule has 3 amide bonds. The first-order valence-electron chi connectivity index (χ1n) is 18.4. The fourth-order valence-electron chi connectivity index (χ4n) is 6.84. The number of methoxy groups -OCH3 is 2. The SMILES string of the molecule is COc1ccc(C(c2ccccc2)(c2ccc(OC)cc2)N(C(=O)[C@H](N)CCCN=C(N)N)[C@@H](CCCCN)C(=O)N[C@@H](Cc2ccccc2)C(N)=O)cc1. The molecule has 0 fully saturated rings. The van der Waals surface area contributed by atoms with E-state index in [4.69, 9.17) is 38.1 Å². The van der Waals surface area contributed by atoms with Crippen molar-refractivity contribution < 1.29 is 23.9 Å². The summed E-state index contributed by atoms with van der Waals surface area (Å²) in [6, 6.07) is 30.1. The van der Waals surface area contributed by atoms with E-state index in [1.165, 1.54) is 0 Å². The molecule has 0 heterocycles. The van der Waals surface area contributed by atoms with Crippen LogP contribution >= 0.6 is 0 Å². The van der Waals surface area contributed by atoms with E-state index in [1.54, 1.807) is 43.4 Å². The van der Waals surface area contributed by atoms with Crippen LogP contribution in [0.5, 0.6) is 11.5 Å². The Morgan fingerprint density at radius 2 is 1.25 bits per heavy atom. The monoisotopic (exact) mass is 750 g/mol. The molecule has 13 heteroatoms. The molecule has 0 spiro atoms. The van der Waals surface area contributed by atoms with Crippen LogP contribution in [0.3, 0.4) is 0 Å². The molecule has 0 bridgehead atoms. The molecule has 0 saturated heterocycles. The zero-order valence-corrected chi connectivity index (χ0v) is 31.6. The summed E-state index contributed by atoms with van der Waals surface area (Å²) in [6.45, 7) is 0.621. The highest BCUT2D eigenvalue weighted by Crippen LogP contribution is 2.45. The van der Waals surface area contributed by atoms with Crippen LogP contribution in [0.25, 0.3) is 0 Å². The van der Waals surface area contributed by atoms with Crippen molar-refractivity contribution in [2.75, 3.05) is 27.3 Å². The van der Waals surface area contributed by atoms with Crippen LogP contribution in [0.1, 0.15) is 54.4 Å². The molecule has 4 aromatic carbocycles. The Morgan fingerprint density at radius 1 is 0.727 bits per heavy atom. The fourth-order valence-corrected chi connectivity index (χ4v) is 6.84. The van der Waals surface area contributed by atoms with Gasteiger partial charge in [-0.25, -0.2) is 0 Å². The quantitative estimate of drug-likeness (QED) is 0.0318. The number of aliphatic imine (C=N–C) groups is 1. The smallest absolute Gasteiger partial charge is 0.243 e. The lowest BCUT2D eigenvalue weighted by Gasteiger charge is -2.49. The Labute approximate surface area is 323 Å². The number of nitrogens with two attached hydrogens (primary N) is 5. The summed E-state index contributed by atoms with van der Waals surface area (Å²) in [6.07, 6.45) is 1.99. The summed E-state index contributed by atoms with van der Waals surface area (Å²) in [5.41, 5.74) is 31.2. The van der Waals surface area contributed by atoms with E-state index in [2.05, 4.69) is 10.3 Å². The molecule has 0 radical (unpaired) electrons. The van der Waals surface area contributed by atoms with Gasteiger partial charge >= 0.3 is 0 Å². The Balaban J connectivity index is 2.04. The van der Waals surface area contributed by atoms with Gasteiger partial charge in [0.2, 0.25) is 17.7 Å². The number of benzene rings is 4. The molecule has 292 valence electrons. The van der Waals surface area contributed by atoms with Gasteiger partial charge in [0.25, 0.3) is 0 Å². The second-order valence-corrected chi connectivity index (χ2v) is 13.3. The van der Waals surface area contributed by atoms with Gasteiger partial charge in [-0.05, 0) is 85.2 Å². The highest BCUT2D eigenvalue weighted by atomic mass is 16.5. The zero-order chi connectivity index (χ0) is 39.8. The van der Waals surface area contributed by atoms with Crippen LogP contribution in [0.4, 0.5) is 0 Å². The van der Waals surface area contributed by atoms with Crippen molar-refractivity contribution >= 4 is 23.7 Å². The van der Waals surface area contributed by atoms with Crippen molar-refractivity contribution in [1.82, 2.24) is 10.2 Å². The average Bonchev–Trinajstić information content (AvgIpc) is 3.20. The van der Waals surface area contributed by atoms with E-state index in [1.807, 2.05) is 84.9 Å². The van der Waals surface area contributed by atoms with Crippen molar-refractivity contribution in [3.05, 3.63) is 131 Å². The van der Waals surface area contributed by atoms with E-state index in [0.29, 0.717) is 54.0 Å². The third-order valence-corrected chi connectivity index (χ3v) is 9.58. The highest BCUT2D eigenvalue weighted by molar-refractivity contribution is 5.94. The van der Waals surface area contributed by atoms with Gasteiger partial charge in [-0.1, -0.05) is 84.9 Å². The molecule has 0 aliphatic rings. The van der Waals surface area contributed by atoms with Crippen LogP contribution < -0.4 is 43.5 Å². The highest BCUT2D eigenvalue weighted by Gasteiger charge is 2.50. The summed E-state index contributed by atoms with van der Waals surface area (Å²) in [4.78, 5) is 49.1. The van der Waals surface area contributed by atoms with Gasteiger partial charge < -0.3 is 48.4 Å². The summed E-state index contributed by atoms with van der Waals surface area (Å²) in [5, 5.41) is 2.93. The first-order valence-corrected chi connectivity index (χ1v) is 18.4. The van der Waals surface area contributed by atoms with E-state index >= 15 is 9.59 Å². The van der Waals surface area contributed by atoms with Crippen LogP contribution in [-0.2, 0) is 26.3 Å². The number of hydrogen-bond donors (Lipinski definition) is 6. The number of primary amides is 1. The summed E-state index contributed by atoms with van der Waals surface area (Å²) < 4.78 is 11.1. The molecule has 11 N–H and O–H groups in total. The maximum absolute atomic E-state index is 15.4. The van der Waals surface area contributed by atoms with Crippen LogP contribution in [0.15, 0.2) is 114 Å². The third kappa shape index (κ3) is 10.6. The average molecular weight is 751 g/mol. The van der Waals surface area contributed by atoms with E-state index < -0.39 is 41.4 Å². The lowest BCUT2D eigenvalue weighted by atomic mass is 9.73. The van der Waals surface area contributed by atoms with Crippen molar-refractivity contribution in [2.24, 2.45) is 33.7 Å². The van der Waals surface area contributed by atoms with E-state index in [0.717, 1.165) is 5.56 Å². The van der Waals surface area contributed by atoms with Gasteiger partial charge in [-0.15, -0.1) is 0 Å². The first-order chi connectivity index (χ1) is 26.6. The largest absolute Gasteiger partial charge is 0.497 e. The van der Waals surface area contributed by atoms with Gasteiger partial charge in [0, 0.05) is 13.0 Å². The molecule has 0 unspecified atom stereocenters. The predicted molar refractivity (Wildman–Crippen MR) is 215 cm³/mol. The minimum absolute atomic E-state index is 0.0697. The number of ether oxygens (including phenoxy) is 2. The number of unbranched alkanes of at least 4 members (excludes halogenated alkanes) is 1. The Kier molecular flexibility index (Phi) is 15.6. The second kappa shape index (κ2) is 20.5. The minimum Gasteiger partial charge on any atom is -0.497 e. The van der Waals surface area contributed by atoms with Gasteiger partial charge in [0.15, 0.2) is 5.96 Å². The molecule has 4 aromatic rings. The first kappa shape index (κ1) is 41.8. The maximum Gasteiger partial charge on any atom is 0.243 e. The standard InChI is InChI=1S/C42H54N8O5/c1-54-33-22-18-31(19-23-33)42(30-14-7-4-8-15-30,32-20-24-34(55-2)25-21-32)50(40(53)35(44)16-11-27-48-41(46)47)37(17-9-10-26-43)39(52)49-36(38(45)51)28-29-12-5-3-6-13-29/h3-8,12-15,18-25,35-37H,9-11,16-17,26-28,43-44H2,1-2H3,(H2,45,51)(H,49,52)(H4,46,47,48)/t35-,36+,37+/m1/s1. The van der Waals surface area contributed by atoms with Crippen molar-refractivity contribution in [3.8, 4) is 11.5 Å². The summed E-state index contributed by atoms with van der Waals surface area (Å²) in [5.74, 6) is -0.673. The molecule has 0 aliphatic heterocycles. The van der Waals surface area contributed by atoms with E-state index in [-0.39, 0.29) is 31.8 Å². The lowest BCUT2D eigenvalue weighted by Crippen LogP contribution is -2.64. The molecular weight excluding hydrogens is 697 g/mol. The number of guanidine groups is 1. The number of rotatable bonds is 21. The molecule has 55 heavy (non-hydrogen) atoms. The van der Waals surface area contributed by atoms with E-state index in [9.17, 15) is 4.79 Å². The molecule has 0 aliphatic carbocycles. The minimum atomic E-state index is -1.47. The molecule has 13 nitrogen and oxygen atoms in total. The number of carbonyl (C=O) groups is 3. The molecule has 0 saturated carbocycles. The number of hydrogen-bond acceptors (Lipinski definition) is 8.